The van der Waals surface area contributed by atoms with Gasteiger partial charge in [0.05, 0.1) is 44.0 Å². The van der Waals surface area contributed by atoms with Gasteiger partial charge >= 0.3 is 25.8 Å². The Morgan fingerprint density at radius 2 is 1.39 bits per heavy atom. The summed E-state index contributed by atoms with van der Waals surface area (Å²) < 4.78 is 33.7. The van der Waals surface area contributed by atoms with E-state index in [2.05, 4.69) is 43.2 Å². The number of rotatable bonds is 22. The molecule has 0 saturated heterocycles. The van der Waals surface area contributed by atoms with E-state index in [4.69, 9.17) is 18.5 Å². The summed E-state index contributed by atoms with van der Waals surface area (Å²) in [6.45, 7) is 16.2. The molecule has 0 aliphatic carbocycles. The second-order valence-corrected chi connectivity index (χ2v) is 17.2. The first-order valence-electron chi connectivity index (χ1n) is 20.2. The second-order valence-electron chi connectivity index (χ2n) is 15.8. The average Bonchev–Trinajstić information content (AvgIpc) is 3.19. The molecule has 2 amide bonds. The zero-order chi connectivity index (χ0) is 43.0. The number of ether oxygens (including phenoxy) is 2. The number of hydrogen-bond donors (Lipinski definition) is 3. The number of esters is 2. The lowest BCUT2D eigenvalue weighted by molar-refractivity contribution is -0.148. The lowest BCUT2D eigenvalue weighted by atomic mass is 9.92. The second kappa shape index (κ2) is 22.8. The highest BCUT2D eigenvalue weighted by Crippen LogP contribution is 2.44. The molecule has 2 unspecified atom stereocenters. The molecule has 0 bridgehead atoms. The fourth-order valence-corrected chi connectivity index (χ4v) is 7.06. The maximum atomic E-state index is 13.3. The van der Waals surface area contributed by atoms with Gasteiger partial charge in [-0.25, -0.2) is 9.36 Å². The summed E-state index contributed by atoms with van der Waals surface area (Å²) in [5.41, 5.74) is 5.63. The highest BCUT2D eigenvalue weighted by Gasteiger charge is 2.24. The minimum atomic E-state index is -4.36. The van der Waals surface area contributed by atoms with Gasteiger partial charge in [-0.15, -0.1) is 0 Å². The Hall–Kier alpha value is -5.16. The molecule has 3 atom stereocenters. The van der Waals surface area contributed by atoms with Gasteiger partial charge in [-0.05, 0) is 84.2 Å². The van der Waals surface area contributed by atoms with Gasteiger partial charge in [-0.1, -0.05) is 108 Å². The molecular formula is C46H60N3O9P. The number of phosphoric ester groups is 1. The Bertz CT molecular complexity index is 1980. The van der Waals surface area contributed by atoms with Crippen LogP contribution in [0.5, 0.6) is 5.75 Å². The van der Waals surface area contributed by atoms with Crippen LogP contribution in [0.3, 0.4) is 0 Å². The predicted molar refractivity (Wildman–Crippen MR) is 233 cm³/mol. The Kier molecular flexibility index (Phi) is 18.0. The van der Waals surface area contributed by atoms with Crippen molar-refractivity contribution in [2.75, 3.05) is 41.8 Å². The maximum Gasteiger partial charge on any atom is 0.527 e. The standard InChI is InChI=1S/C46H60N3O9P/c1-8-38(39-18-23-43(49(27-32(2)3)28-33(4)5)42(25-39)48-46(52)47-40-19-14-34(6)15-20-40)26-45(51)56-30-35(7)29-55-44(50)24-36-16-21-41(22-17-36)58-59(53,54)57-31-37-12-10-9-11-13-37/h9-23,25,32-33,35,38H,8,24,26-31H2,1-7H3,(H,53,54)(H2,47,48,52)/t35-,38?/m1/s1. The maximum absolute atomic E-state index is 13.3. The molecule has 0 radical (unpaired) electrons. The van der Waals surface area contributed by atoms with E-state index in [9.17, 15) is 23.8 Å². The van der Waals surface area contributed by atoms with Crippen molar-refractivity contribution in [2.45, 2.75) is 80.3 Å². The molecule has 0 spiro atoms. The van der Waals surface area contributed by atoms with Gasteiger partial charge in [0, 0.05) is 24.7 Å². The number of aryl methyl sites for hydroxylation is 1. The number of phosphoric acid groups is 1. The molecule has 59 heavy (non-hydrogen) atoms. The van der Waals surface area contributed by atoms with Crippen molar-refractivity contribution < 1.29 is 42.4 Å². The Morgan fingerprint density at radius 3 is 2.00 bits per heavy atom. The molecule has 0 saturated carbocycles. The van der Waals surface area contributed by atoms with Crippen LogP contribution in [0.15, 0.2) is 97.1 Å². The van der Waals surface area contributed by atoms with E-state index in [1.807, 2.05) is 69.3 Å². The summed E-state index contributed by atoms with van der Waals surface area (Å²) in [6, 6.07) is 28.4. The van der Waals surface area contributed by atoms with Crippen molar-refractivity contribution in [3.05, 3.63) is 119 Å². The van der Waals surface area contributed by atoms with E-state index in [0.29, 0.717) is 35.2 Å². The van der Waals surface area contributed by atoms with Gasteiger partial charge in [0.25, 0.3) is 0 Å². The third kappa shape index (κ3) is 16.6. The molecular weight excluding hydrogens is 769 g/mol. The van der Waals surface area contributed by atoms with Crippen molar-refractivity contribution in [3.63, 3.8) is 0 Å². The first-order valence-corrected chi connectivity index (χ1v) is 21.7. The van der Waals surface area contributed by atoms with E-state index in [1.165, 1.54) is 12.1 Å². The van der Waals surface area contributed by atoms with Crippen LogP contribution < -0.4 is 20.1 Å². The molecule has 4 aromatic carbocycles. The number of nitrogens with zero attached hydrogens (tertiary/aromatic N) is 1. The van der Waals surface area contributed by atoms with Gasteiger partial charge in [0.15, 0.2) is 0 Å². The van der Waals surface area contributed by atoms with E-state index < -0.39 is 13.8 Å². The first-order chi connectivity index (χ1) is 28.1. The van der Waals surface area contributed by atoms with Crippen molar-refractivity contribution >= 4 is 42.9 Å². The van der Waals surface area contributed by atoms with Crippen molar-refractivity contribution in [1.82, 2.24) is 0 Å². The third-order valence-electron chi connectivity index (χ3n) is 9.25. The Balaban J connectivity index is 1.29. The number of nitrogens with one attached hydrogen (secondary N) is 2. The number of anilines is 3. The Morgan fingerprint density at radius 1 is 0.763 bits per heavy atom. The summed E-state index contributed by atoms with van der Waals surface area (Å²) in [4.78, 5) is 51.4. The normalized spacial score (nSPS) is 13.3. The summed E-state index contributed by atoms with van der Waals surface area (Å²) in [5.74, 6) is -0.329. The molecule has 318 valence electrons. The molecule has 4 rings (SSSR count). The molecule has 0 aromatic heterocycles. The van der Waals surface area contributed by atoms with Crippen LogP contribution in [0.25, 0.3) is 0 Å². The third-order valence-corrected chi connectivity index (χ3v) is 10.2. The fraction of sp³-hybridized carbons (Fsp3) is 0.413. The number of urea groups is 1. The summed E-state index contributed by atoms with van der Waals surface area (Å²) >= 11 is 0. The summed E-state index contributed by atoms with van der Waals surface area (Å²) in [6.07, 6.45) is 0.790. The highest BCUT2D eigenvalue weighted by molar-refractivity contribution is 7.47. The molecule has 12 nitrogen and oxygen atoms in total. The molecule has 0 aliphatic rings. The lowest BCUT2D eigenvalue weighted by Crippen LogP contribution is -2.32. The van der Waals surface area contributed by atoms with Gasteiger partial charge in [0.1, 0.15) is 5.75 Å². The number of amides is 2. The van der Waals surface area contributed by atoms with Crippen LogP contribution >= 0.6 is 7.82 Å². The minimum Gasteiger partial charge on any atom is -0.465 e. The zero-order valence-electron chi connectivity index (χ0n) is 35.3. The smallest absolute Gasteiger partial charge is 0.465 e. The predicted octanol–water partition coefficient (Wildman–Crippen LogP) is 10.3. The van der Waals surface area contributed by atoms with Gasteiger partial charge in [-0.3, -0.25) is 19.0 Å². The molecule has 0 heterocycles. The van der Waals surface area contributed by atoms with Crippen molar-refractivity contribution in [2.24, 2.45) is 17.8 Å². The van der Waals surface area contributed by atoms with E-state index in [-0.39, 0.29) is 62.2 Å². The topological polar surface area (TPSA) is 153 Å². The van der Waals surface area contributed by atoms with Crippen LogP contribution in [-0.2, 0) is 41.2 Å². The highest BCUT2D eigenvalue weighted by atomic mass is 31.2. The number of hydrogen-bond acceptors (Lipinski definition) is 9. The van der Waals surface area contributed by atoms with Crippen LogP contribution in [0.4, 0.5) is 21.9 Å². The van der Waals surface area contributed by atoms with Crippen LogP contribution in [0, 0.1) is 24.7 Å². The lowest BCUT2D eigenvalue weighted by Gasteiger charge is -2.31. The fourth-order valence-electron chi connectivity index (χ4n) is 6.31. The number of benzene rings is 4. The SMILES string of the molecule is CCC(CC(=O)OC[C@H](C)COC(=O)Cc1ccc(OP(=O)(O)OCc2ccccc2)cc1)c1ccc(N(CC(C)C)CC(C)C)c(NC(=O)Nc2ccc(C)cc2)c1. The Labute approximate surface area is 349 Å². The molecule has 3 N–H and O–H groups in total. The van der Waals surface area contributed by atoms with Crippen LogP contribution in [0.1, 0.15) is 82.6 Å². The van der Waals surface area contributed by atoms with Crippen molar-refractivity contribution in [1.29, 1.82) is 0 Å². The van der Waals surface area contributed by atoms with Crippen LogP contribution in [0.2, 0.25) is 0 Å². The van der Waals surface area contributed by atoms with Gasteiger partial charge in [-0.2, -0.15) is 0 Å². The molecule has 0 fully saturated rings. The van der Waals surface area contributed by atoms with Gasteiger partial charge in [0.2, 0.25) is 0 Å². The van der Waals surface area contributed by atoms with Crippen LogP contribution in [-0.4, -0.2) is 49.2 Å². The molecule has 0 aliphatic heterocycles. The quantitative estimate of drug-likeness (QED) is 0.0515. The monoisotopic (exact) mass is 829 g/mol. The van der Waals surface area contributed by atoms with E-state index in [0.717, 1.165) is 35.5 Å². The first kappa shape index (κ1) is 46.5. The molecule has 13 heteroatoms. The number of carbonyl (C=O) groups excluding carboxylic acids is 3. The molecule has 4 aromatic rings. The largest absolute Gasteiger partial charge is 0.527 e. The van der Waals surface area contributed by atoms with Crippen molar-refractivity contribution in [3.8, 4) is 5.75 Å². The van der Waals surface area contributed by atoms with E-state index >= 15 is 0 Å². The van der Waals surface area contributed by atoms with Gasteiger partial charge < -0.3 is 29.5 Å². The summed E-state index contributed by atoms with van der Waals surface area (Å²) in [7, 11) is -4.36. The minimum absolute atomic E-state index is 0.0256. The zero-order valence-corrected chi connectivity index (χ0v) is 36.2. The number of carbonyl (C=O) groups is 3. The average molecular weight is 830 g/mol. The summed E-state index contributed by atoms with van der Waals surface area (Å²) in [5, 5.41) is 6.03. The van der Waals surface area contributed by atoms with E-state index in [1.54, 1.807) is 36.4 Å².